The summed E-state index contributed by atoms with van der Waals surface area (Å²) in [7, 11) is 0. The Morgan fingerprint density at radius 2 is 1.83 bits per heavy atom. The third-order valence-corrected chi connectivity index (χ3v) is 3.61. The van der Waals surface area contributed by atoms with Crippen molar-refractivity contribution >= 4 is 6.47 Å². The second-order valence-corrected chi connectivity index (χ2v) is 4.90. The predicted octanol–water partition coefficient (Wildman–Crippen LogP) is 0.793. The number of ether oxygens (including phenoxy) is 3. The number of hydrogen-bond acceptors (Lipinski definition) is 6. The van der Waals surface area contributed by atoms with Crippen LogP contribution in [-0.2, 0) is 19.0 Å². The third kappa shape index (κ3) is 2.46. The lowest BCUT2D eigenvalue weighted by Gasteiger charge is -2.43. The van der Waals surface area contributed by atoms with E-state index in [0.29, 0.717) is 0 Å². The molecule has 1 saturated heterocycles. The molecule has 1 heterocycles. The molecule has 1 radical (unpaired) electrons. The molecule has 1 aliphatic heterocycles. The van der Waals surface area contributed by atoms with Crippen molar-refractivity contribution in [1.29, 1.82) is 0 Å². The van der Waals surface area contributed by atoms with Crippen LogP contribution in [0.15, 0.2) is 0 Å². The van der Waals surface area contributed by atoms with Crippen molar-refractivity contribution in [2.75, 3.05) is 19.8 Å². The van der Waals surface area contributed by atoms with E-state index in [1.54, 1.807) is 0 Å². The first-order chi connectivity index (χ1) is 8.63. The van der Waals surface area contributed by atoms with Crippen molar-refractivity contribution in [1.82, 2.24) is 0 Å². The largest absolute Gasteiger partial charge is 0.449 e. The maximum absolute atomic E-state index is 11.1. The highest BCUT2D eigenvalue weighted by atomic mass is 16.7. The summed E-state index contributed by atoms with van der Waals surface area (Å²) in [5.74, 6) is -0.664. The van der Waals surface area contributed by atoms with Gasteiger partial charge in [-0.15, -0.1) is 0 Å². The molecule has 0 unspecified atom stereocenters. The van der Waals surface area contributed by atoms with Gasteiger partial charge in [0.2, 0.25) is 0 Å². The van der Waals surface area contributed by atoms with Crippen molar-refractivity contribution in [2.24, 2.45) is 0 Å². The van der Waals surface area contributed by atoms with Gasteiger partial charge in [0.15, 0.2) is 12.4 Å². The van der Waals surface area contributed by atoms with Crippen LogP contribution in [-0.4, -0.2) is 42.5 Å². The molecule has 0 N–H and O–H groups in total. The van der Waals surface area contributed by atoms with Crippen LogP contribution in [0.1, 0.15) is 32.1 Å². The summed E-state index contributed by atoms with van der Waals surface area (Å²) in [6, 6.07) is 0. The average molecular weight is 258 g/mol. The Morgan fingerprint density at radius 1 is 1.22 bits per heavy atom. The molecule has 1 saturated carbocycles. The Morgan fingerprint density at radius 3 is 2.33 bits per heavy atom. The lowest BCUT2D eigenvalue weighted by atomic mass is 9.92. The van der Waals surface area contributed by atoms with E-state index >= 15 is 0 Å². The fourth-order valence-electron chi connectivity index (χ4n) is 2.40. The first-order valence-electron chi connectivity index (χ1n) is 6.04. The lowest BCUT2D eigenvalue weighted by molar-refractivity contribution is -0.599. The van der Waals surface area contributed by atoms with Crippen LogP contribution >= 0.6 is 0 Å². The molecule has 0 bridgehead atoms. The van der Waals surface area contributed by atoms with Gasteiger partial charge in [-0.25, -0.2) is 4.79 Å². The van der Waals surface area contributed by atoms with Gasteiger partial charge in [-0.05, 0) is 12.8 Å². The third-order valence-electron chi connectivity index (χ3n) is 3.61. The summed E-state index contributed by atoms with van der Waals surface area (Å²) >= 11 is 0. The Labute approximate surface area is 105 Å². The van der Waals surface area contributed by atoms with Crippen molar-refractivity contribution < 1.29 is 23.9 Å². The number of carbonyl (C=O) groups excluding carboxylic acids is 1. The smallest absolute Gasteiger partial charge is 0.417 e. The molecule has 18 heavy (non-hydrogen) atoms. The molecule has 0 aromatic carbocycles. The van der Waals surface area contributed by atoms with E-state index in [9.17, 15) is 14.9 Å². The van der Waals surface area contributed by atoms with E-state index in [-0.39, 0.29) is 19.8 Å². The molecule has 2 rings (SSSR count). The Kier molecular flexibility index (Phi) is 3.82. The topological polar surface area (TPSA) is 87.9 Å². The molecule has 1 spiro atoms. The molecule has 0 atom stereocenters. The van der Waals surface area contributed by atoms with Gasteiger partial charge < -0.3 is 14.2 Å². The van der Waals surface area contributed by atoms with Crippen LogP contribution in [0.2, 0.25) is 0 Å². The van der Waals surface area contributed by atoms with E-state index < -0.39 is 16.2 Å². The highest BCUT2D eigenvalue weighted by molar-refractivity contribution is 5.38. The maximum atomic E-state index is 11.1. The zero-order valence-electron chi connectivity index (χ0n) is 10.1. The normalized spacial score (nSPS) is 25.6. The van der Waals surface area contributed by atoms with Crippen molar-refractivity contribution in [3.05, 3.63) is 10.1 Å². The number of hydrogen-bond donors (Lipinski definition) is 0. The number of nitrogens with zero attached hydrogens (tertiary/aromatic N) is 1. The summed E-state index contributed by atoms with van der Waals surface area (Å²) in [4.78, 5) is 20.6. The molecule has 0 aromatic rings. The summed E-state index contributed by atoms with van der Waals surface area (Å²) in [6.45, 7) is 0.634. The standard InChI is InChI=1S/C11H16NO6/c13-9-16-6-10(12(14)15)7-17-11(18-8-10)4-2-1-3-5-11/h1-8H2. The number of rotatable bonds is 4. The van der Waals surface area contributed by atoms with E-state index in [2.05, 4.69) is 4.74 Å². The van der Waals surface area contributed by atoms with Crippen LogP contribution in [0.3, 0.4) is 0 Å². The minimum absolute atomic E-state index is 0.0956. The highest BCUT2D eigenvalue weighted by Gasteiger charge is 2.53. The second-order valence-electron chi connectivity index (χ2n) is 4.90. The molecular weight excluding hydrogens is 242 g/mol. The maximum Gasteiger partial charge on any atom is 0.417 e. The summed E-state index contributed by atoms with van der Waals surface area (Å²) < 4.78 is 15.6. The molecular formula is C11H16NO6. The van der Waals surface area contributed by atoms with Gasteiger partial charge >= 0.3 is 12.0 Å². The molecule has 7 heteroatoms. The fourth-order valence-corrected chi connectivity index (χ4v) is 2.40. The molecule has 101 valence electrons. The molecule has 0 amide bonds. The highest BCUT2D eigenvalue weighted by Crippen LogP contribution is 2.37. The first kappa shape index (κ1) is 13.2. The van der Waals surface area contributed by atoms with Crippen LogP contribution in [0, 0.1) is 10.1 Å². The van der Waals surface area contributed by atoms with E-state index in [0.717, 1.165) is 32.1 Å². The summed E-state index contributed by atoms with van der Waals surface area (Å²) in [5, 5.41) is 11.1. The molecule has 2 fully saturated rings. The zero-order valence-corrected chi connectivity index (χ0v) is 10.1. The van der Waals surface area contributed by atoms with Gasteiger partial charge in [-0.3, -0.25) is 10.1 Å². The van der Waals surface area contributed by atoms with E-state index in [1.165, 1.54) is 6.47 Å². The zero-order chi connectivity index (χ0) is 13.1. The molecule has 2 aliphatic rings. The number of nitro groups is 1. The second kappa shape index (κ2) is 5.19. The van der Waals surface area contributed by atoms with Gasteiger partial charge in [0, 0.05) is 17.8 Å². The fraction of sp³-hybridized carbons (Fsp3) is 0.909. The lowest BCUT2D eigenvalue weighted by Crippen LogP contribution is -2.60. The van der Waals surface area contributed by atoms with Crippen LogP contribution in [0.25, 0.3) is 0 Å². The van der Waals surface area contributed by atoms with Gasteiger partial charge in [0.05, 0.1) is 0 Å². The van der Waals surface area contributed by atoms with E-state index in [1.807, 2.05) is 0 Å². The van der Waals surface area contributed by atoms with Crippen LogP contribution < -0.4 is 0 Å². The summed E-state index contributed by atoms with van der Waals surface area (Å²) in [5.41, 5.74) is -1.50. The minimum atomic E-state index is -1.50. The summed E-state index contributed by atoms with van der Waals surface area (Å²) in [6.07, 6.45) is 4.68. The quantitative estimate of drug-likeness (QED) is 0.547. The SMILES string of the molecule is O=[C]OCC1([N+](=O)[O-])COC2(CCCCC2)OC1. The van der Waals surface area contributed by atoms with Gasteiger partial charge in [0.1, 0.15) is 13.2 Å². The minimum Gasteiger partial charge on any atom is -0.449 e. The van der Waals surface area contributed by atoms with Crippen LogP contribution in [0.5, 0.6) is 0 Å². The monoisotopic (exact) mass is 258 g/mol. The van der Waals surface area contributed by atoms with Gasteiger partial charge in [-0.2, -0.15) is 0 Å². The van der Waals surface area contributed by atoms with E-state index in [4.69, 9.17) is 9.47 Å². The Balaban J connectivity index is 2.00. The van der Waals surface area contributed by atoms with Gasteiger partial charge in [0.25, 0.3) is 0 Å². The Hall–Kier alpha value is -1.21. The molecule has 7 nitrogen and oxygen atoms in total. The van der Waals surface area contributed by atoms with Crippen molar-refractivity contribution in [2.45, 2.75) is 43.4 Å². The molecule has 1 aliphatic carbocycles. The Bertz CT molecular complexity index is 315. The average Bonchev–Trinajstić information content (AvgIpc) is 2.39. The predicted molar refractivity (Wildman–Crippen MR) is 59.1 cm³/mol. The van der Waals surface area contributed by atoms with Crippen molar-refractivity contribution in [3.63, 3.8) is 0 Å². The van der Waals surface area contributed by atoms with Crippen molar-refractivity contribution in [3.8, 4) is 0 Å². The first-order valence-corrected chi connectivity index (χ1v) is 6.04. The van der Waals surface area contributed by atoms with Crippen LogP contribution in [0.4, 0.5) is 0 Å². The van der Waals surface area contributed by atoms with Gasteiger partial charge in [-0.1, -0.05) is 6.42 Å². The molecule has 0 aromatic heterocycles.